The molecule has 13 heavy (non-hydrogen) atoms. The Bertz CT molecular complexity index is 338. The van der Waals surface area contributed by atoms with Crippen LogP contribution >= 0.6 is 11.6 Å². The van der Waals surface area contributed by atoms with E-state index in [2.05, 4.69) is 0 Å². The molecule has 0 fully saturated rings. The van der Waals surface area contributed by atoms with Gasteiger partial charge < -0.3 is 5.73 Å². The fourth-order valence-corrected chi connectivity index (χ4v) is 2.04. The molecule has 1 aromatic carbocycles. The molecule has 1 atom stereocenters. The molecule has 0 saturated carbocycles. The summed E-state index contributed by atoms with van der Waals surface area (Å²) in [5.41, 5.74) is 7.49. The minimum atomic E-state index is -0.283. The van der Waals surface area contributed by atoms with E-state index < -0.39 is 0 Å². The Kier molecular flexibility index (Phi) is 2.26. The molecule has 0 aliphatic heterocycles. The summed E-state index contributed by atoms with van der Waals surface area (Å²) < 4.78 is 13.5. The average molecular weight is 200 g/mol. The average Bonchev–Trinajstić information content (AvgIpc) is 2.12. The smallest absolute Gasteiger partial charge is 0.145 e. The van der Waals surface area contributed by atoms with Gasteiger partial charge in [0.2, 0.25) is 0 Å². The first-order chi connectivity index (χ1) is 6.20. The summed E-state index contributed by atoms with van der Waals surface area (Å²) >= 11 is 5.68. The van der Waals surface area contributed by atoms with Crippen molar-refractivity contribution in [3.63, 3.8) is 0 Å². The molecule has 1 aliphatic rings. The van der Waals surface area contributed by atoms with Gasteiger partial charge in [0.1, 0.15) is 5.82 Å². The largest absolute Gasteiger partial charge is 0.324 e. The Hall–Kier alpha value is -0.600. The number of halogens is 2. The number of nitrogens with two attached hydrogens (primary N) is 1. The van der Waals surface area contributed by atoms with Crippen LogP contribution in [0.4, 0.5) is 4.39 Å². The summed E-state index contributed by atoms with van der Waals surface area (Å²) in [7, 11) is 0. The van der Waals surface area contributed by atoms with Crippen LogP contribution in [-0.4, -0.2) is 0 Å². The van der Waals surface area contributed by atoms with Crippen molar-refractivity contribution in [1.82, 2.24) is 0 Å². The van der Waals surface area contributed by atoms with Crippen molar-refractivity contribution in [2.45, 2.75) is 25.3 Å². The molecule has 0 unspecified atom stereocenters. The Balaban J connectivity index is 2.56. The molecule has 2 N–H and O–H groups in total. The Labute approximate surface area is 81.7 Å². The lowest BCUT2D eigenvalue weighted by Crippen LogP contribution is -2.18. The second kappa shape index (κ2) is 3.28. The Morgan fingerprint density at radius 1 is 1.46 bits per heavy atom. The number of fused-ring (bicyclic) bond motifs is 1. The molecule has 0 bridgehead atoms. The summed E-state index contributed by atoms with van der Waals surface area (Å²) in [6.45, 7) is 0. The van der Waals surface area contributed by atoms with Crippen LogP contribution in [0.3, 0.4) is 0 Å². The van der Waals surface area contributed by atoms with E-state index in [1.54, 1.807) is 6.07 Å². The molecule has 0 heterocycles. The number of hydrogen-bond acceptors (Lipinski definition) is 1. The summed E-state index contributed by atoms with van der Waals surface area (Å²) in [5.74, 6) is -0.283. The topological polar surface area (TPSA) is 26.0 Å². The van der Waals surface area contributed by atoms with Crippen molar-refractivity contribution in [2.24, 2.45) is 5.73 Å². The highest BCUT2D eigenvalue weighted by molar-refractivity contribution is 6.30. The summed E-state index contributed by atoms with van der Waals surface area (Å²) in [6.07, 6.45) is 2.65. The first kappa shape index (κ1) is 8.97. The highest BCUT2D eigenvalue weighted by atomic mass is 35.5. The van der Waals surface area contributed by atoms with Gasteiger partial charge in [-0.15, -0.1) is 0 Å². The minimum absolute atomic E-state index is 0.0180. The molecule has 1 aliphatic carbocycles. The number of hydrogen-bond donors (Lipinski definition) is 1. The van der Waals surface area contributed by atoms with Gasteiger partial charge in [-0.2, -0.15) is 0 Å². The van der Waals surface area contributed by atoms with E-state index in [1.807, 2.05) is 6.07 Å². The third-order valence-electron chi connectivity index (χ3n) is 2.57. The van der Waals surface area contributed by atoms with E-state index in [0.29, 0.717) is 5.56 Å². The van der Waals surface area contributed by atoms with E-state index in [-0.39, 0.29) is 16.9 Å². The highest BCUT2D eigenvalue weighted by Gasteiger charge is 2.20. The first-order valence-electron chi connectivity index (χ1n) is 4.42. The first-order valence-corrected chi connectivity index (χ1v) is 4.80. The Morgan fingerprint density at radius 3 is 3.00 bits per heavy atom. The van der Waals surface area contributed by atoms with Gasteiger partial charge in [-0.3, -0.25) is 0 Å². The second-order valence-electron chi connectivity index (χ2n) is 3.43. The van der Waals surface area contributed by atoms with Crippen LogP contribution in [0.5, 0.6) is 0 Å². The summed E-state index contributed by atoms with van der Waals surface area (Å²) in [4.78, 5) is 0. The Morgan fingerprint density at radius 2 is 2.23 bits per heavy atom. The SMILES string of the molecule is N[C@@H]1CCCc2c1ccc(Cl)c2F. The third kappa shape index (κ3) is 1.45. The van der Waals surface area contributed by atoms with Gasteiger partial charge >= 0.3 is 0 Å². The van der Waals surface area contributed by atoms with E-state index in [1.165, 1.54) is 0 Å². The summed E-state index contributed by atoms with van der Waals surface area (Å²) in [5, 5.41) is 0.202. The zero-order valence-corrected chi connectivity index (χ0v) is 7.94. The molecule has 0 aromatic heterocycles. The number of rotatable bonds is 0. The maximum Gasteiger partial charge on any atom is 0.145 e. The van der Waals surface area contributed by atoms with Gasteiger partial charge in [0.25, 0.3) is 0 Å². The van der Waals surface area contributed by atoms with Crippen molar-refractivity contribution < 1.29 is 4.39 Å². The highest BCUT2D eigenvalue weighted by Crippen LogP contribution is 2.32. The van der Waals surface area contributed by atoms with Crippen molar-refractivity contribution in [1.29, 1.82) is 0 Å². The molecular formula is C10H11ClFN. The monoisotopic (exact) mass is 199 g/mol. The quantitative estimate of drug-likeness (QED) is 0.683. The fourth-order valence-electron chi connectivity index (χ4n) is 1.86. The van der Waals surface area contributed by atoms with Crippen LogP contribution in [0.25, 0.3) is 0 Å². The minimum Gasteiger partial charge on any atom is -0.324 e. The van der Waals surface area contributed by atoms with Crippen LogP contribution in [0, 0.1) is 5.82 Å². The lowest BCUT2D eigenvalue weighted by molar-refractivity contribution is 0.532. The van der Waals surface area contributed by atoms with E-state index in [4.69, 9.17) is 17.3 Å². The van der Waals surface area contributed by atoms with E-state index in [0.717, 1.165) is 24.8 Å². The van der Waals surface area contributed by atoms with Crippen molar-refractivity contribution in [3.05, 3.63) is 34.1 Å². The van der Waals surface area contributed by atoms with Gasteiger partial charge in [0.05, 0.1) is 5.02 Å². The van der Waals surface area contributed by atoms with Gasteiger partial charge in [-0.05, 0) is 36.5 Å². The molecule has 0 radical (unpaired) electrons. The van der Waals surface area contributed by atoms with Crippen molar-refractivity contribution in [3.8, 4) is 0 Å². The van der Waals surface area contributed by atoms with Crippen LogP contribution in [0.1, 0.15) is 30.0 Å². The van der Waals surface area contributed by atoms with E-state index in [9.17, 15) is 4.39 Å². The maximum absolute atomic E-state index is 13.5. The lowest BCUT2D eigenvalue weighted by atomic mass is 9.88. The molecule has 2 rings (SSSR count). The molecule has 3 heteroatoms. The van der Waals surface area contributed by atoms with Gasteiger partial charge in [0, 0.05) is 6.04 Å². The zero-order valence-electron chi connectivity index (χ0n) is 7.19. The molecule has 1 nitrogen and oxygen atoms in total. The van der Waals surface area contributed by atoms with Gasteiger partial charge in [-0.1, -0.05) is 17.7 Å². The van der Waals surface area contributed by atoms with Crippen LogP contribution in [0.15, 0.2) is 12.1 Å². The zero-order chi connectivity index (χ0) is 9.42. The lowest BCUT2D eigenvalue weighted by Gasteiger charge is -2.22. The molecular weight excluding hydrogens is 189 g/mol. The number of benzene rings is 1. The van der Waals surface area contributed by atoms with Gasteiger partial charge in [-0.25, -0.2) is 4.39 Å². The van der Waals surface area contributed by atoms with E-state index >= 15 is 0 Å². The maximum atomic E-state index is 13.5. The molecule has 70 valence electrons. The van der Waals surface area contributed by atoms with Gasteiger partial charge in [0.15, 0.2) is 0 Å². The van der Waals surface area contributed by atoms with Crippen LogP contribution in [-0.2, 0) is 6.42 Å². The molecule has 0 amide bonds. The van der Waals surface area contributed by atoms with Crippen molar-refractivity contribution in [2.75, 3.05) is 0 Å². The predicted molar refractivity (Wildman–Crippen MR) is 51.3 cm³/mol. The summed E-state index contributed by atoms with van der Waals surface area (Å²) in [6, 6.07) is 3.40. The molecule has 1 aromatic rings. The molecule has 0 saturated heterocycles. The molecule has 0 spiro atoms. The van der Waals surface area contributed by atoms with Crippen molar-refractivity contribution >= 4 is 11.6 Å². The normalized spacial score (nSPS) is 21.3. The second-order valence-corrected chi connectivity index (χ2v) is 3.84. The van der Waals surface area contributed by atoms with Crippen LogP contribution in [0.2, 0.25) is 5.02 Å². The third-order valence-corrected chi connectivity index (χ3v) is 2.87. The standard InChI is InChI=1S/C10H11ClFN/c11-8-5-4-6-7(10(8)12)2-1-3-9(6)13/h4-5,9H,1-3,13H2/t9-/m1/s1. The fraction of sp³-hybridized carbons (Fsp3) is 0.400. The van der Waals surface area contributed by atoms with Crippen LogP contribution < -0.4 is 5.73 Å². The predicted octanol–water partition coefficient (Wildman–Crippen LogP) is 2.82.